The maximum absolute atomic E-state index is 12.0. The Morgan fingerprint density at radius 3 is 2.48 bits per heavy atom. The third-order valence-corrected chi connectivity index (χ3v) is 5.92. The summed E-state index contributed by atoms with van der Waals surface area (Å²) in [5.74, 6) is 0.103. The van der Waals surface area contributed by atoms with Gasteiger partial charge in [-0.15, -0.1) is 0 Å². The normalized spacial score (nSPS) is 17.1. The molecule has 0 saturated carbocycles. The van der Waals surface area contributed by atoms with Crippen molar-refractivity contribution in [2.45, 2.75) is 13.3 Å². The fourth-order valence-electron chi connectivity index (χ4n) is 2.55. The lowest BCUT2D eigenvalue weighted by molar-refractivity contribution is 0.0945. The average molecular weight is 340 g/mol. The van der Waals surface area contributed by atoms with Gasteiger partial charge in [-0.1, -0.05) is 6.92 Å². The van der Waals surface area contributed by atoms with Crippen LogP contribution in [0.3, 0.4) is 0 Å². The number of piperazine rings is 1. The first kappa shape index (κ1) is 17.8. The number of nitrogens with zero attached hydrogens (tertiary/aromatic N) is 3. The predicted molar refractivity (Wildman–Crippen MR) is 88.7 cm³/mol. The number of nitrogens with one attached hydrogen (secondary N) is 1. The van der Waals surface area contributed by atoms with Crippen molar-refractivity contribution < 1.29 is 13.2 Å². The van der Waals surface area contributed by atoms with Gasteiger partial charge in [0.2, 0.25) is 10.0 Å². The molecule has 1 aromatic heterocycles. The maximum atomic E-state index is 12.0. The lowest BCUT2D eigenvalue weighted by Gasteiger charge is -2.33. The van der Waals surface area contributed by atoms with Crippen molar-refractivity contribution in [2.75, 3.05) is 45.0 Å². The first-order valence-corrected chi connectivity index (χ1v) is 9.52. The van der Waals surface area contributed by atoms with Crippen molar-refractivity contribution in [3.63, 3.8) is 0 Å². The lowest BCUT2D eigenvalue weighted by Crippen LogP contribution is -2.50. The molecule has 0 atom stereocenters. The molecule has 1 N–H and O–H groups in total. The molecule has 0 bridgehead atoms. The van der Waals surface area contributed by atoms with E-state index in [2.05, 4.69) is 15.2 Å². The van der Waals surface area contributed by atoms with Crippen LogP contribution in [-0.4, -0.2) is 73.5 Å². The van der Waals surface area contributed by atoms with E-state index in [0.29, 0.717) is 44.7 Å². The van der Waals surface area contributed by atoms with Gasteiger partial charge in [-0.25, -0.2) is 8.42 Å². The van der Waals surface area contributed by atoms with Gasteiger partial charge in [0.05, 0.1) is 5.75 Å². The number of hydrogen-bond donors (Lipinski definition) is 1. The predicted octanol–water partition coefficient (Wildman–Crippen LogP) is 0.169. The van der Waals surface area contributed by atoms with Crippen molar-refractivity contribution in [3.05, 3.63) is 30.1 Å². The summed E-state index contributed by atoms with van der Waals surface area (Å²) in [7, 11) is -3.10. The third kappa shape index (κ3) is 5.26. The average Bonchev–Trinajstić information content (AvgIpc) is 2.56. The van der Waals surface area contributed by atoms with Crippen LogP contribution in [0.4, 0.5) is 0 Å². The first-order valence-electron chi connectivity index (χ1n) is 7.91. The Morgan fingerprint density at radius 2 is 1.87 bits per heavy atom. The summed E-state index contributed by atoms with van der Waals surface area (Å²) in [6, 6.07) is 3.35. The molecule has 128 valence electrons. The van der Waals surface area contributed by atoms with Crippen LogP contribution in [0.2, 0.25) is 0 Å². The molecule has 0 aliphatic carbocycles. The Kier molecular flexibility index (Phi) is 6.49. The largest absolute Gasteiger partial charge is 0.351 e. The number of carbonyl (C=O) groups excluding carboxylic acids is 1. The van der Waals surface area contributed by atoms with Crippen LogP contribution in [0.15, 0.2) is 24.5 Å². The molecule has 7 nitrogen and oxygen atoms in total. The van der Waals surface area contributed by atoms with Gasteiger partial charge in [0.1, 0.15) is 0 Å². The molecule has 1 saturated heterocycles. The van der Waals surface area contributed by atoms with E-state index in [1.165, 1.54) is 0 Å². The fraction of sp³-hybridized carbons (Fsp3) is 0.600. The highest BCUT2D eigenvalue weighted by Crippen LogP contribution is 2.08. The zero-order valence-electron chi connectivity index (χ0n) is 13.4. The summed E-state index contributed by atoms with van der Waals surface area (Å²) < 4.78 is 25.6. The zero-order valence-corrected chi connectivity index (χ0v) is 14.3. The van der Waals surface area contributed by atoms with Crippen LogP contribution >= 0.6 is 0 Å². The van der Waals surface area contributed by atoms with Gasteiger partial charge in [0, 0.05) is 57.2 Å². The van der Waals surface area contributed by atoms with Gasteiger partial charge in [-0.3, -0.25) is 14.7 Å². The van der Waals surface area contributed by atoms with Gasteiger partial charge in [-0.05, 0) is 18.6 Å². The Labute approximate surface area is 137 Å². The van der Waals surface area contributed by atoms with Crippen molar-refractivity contribution in [3.8, 4) is 0 Å². The second kappa shape index (κ2) is 8.37. The highest BCUT2D eigenvalue weighted by Gasteiger charge is 2.25. The third-order valence-electron chi connectivity index (χ3n) is 3.84. The van der Waals surface area contributed by atoms with Crippen molar-refractivity contribution in [1.82, 2.24) is 19.5 Å². The van der Waals surface area contributed by atoms with Gasteiger partial charge >= 0.3 is 0 Å². The van der Waals surface area contributed by atoms with Gasteiger partial charge < -0.3 is 5.32 Å². The minimum Gasteiger partial charge on any atom is -0.351 e. The fourth-order valence-corrected chi connectivity index (χ4v) is 4.04. The molecular formula is C15H24N4O3S. The highest BCUT2D eigenvalue weighted by atomic mass is 32.2. The minimum atomic E-state index is -3.10. The Bertz CT molecular complexity index is 598. The first-order chi connectivity index (χ1) is 11.0. The summed E-state index contributed by atoms with van der Waals surface area (Å²) in [5.41, 5.74) is 0.593. The topological polar surface area (TPSA) is 82.6 Å². The van der Waals surface area contributed by atoms with E-state index < -0.39 is 10.0 Å². The summed E-state index contributed by atoms with van der Waals surface area (Å²) in [6.45, 7) is 5.60. The summed E-state index contributed by atoms with van der Waals surface area (Å²) >= 11 is 0. The summed E-state index contributed by atoms with van der Waals surface area (Å²) in [6.07, 6.45) is 3.82. The number of pyridine rings is 1. The second-order valence-electron chi connectivity index (χ2n) is 5.55. The van der Waals surface area contributed by atoms with E-state index in [1.54, 1.807) is 28.8 Å². The van der Waals surface area contributed by atoms with Crippen LogP contribution in [0.25, 0.3) is 0 Å². The monoisotopic (exact) mass is 340 g/mol. The molecule has 1 aliphatic rings. The van der Waals surface area contributed by atoms with Crippen LogP contribution in [0.5, 0.6) is 0 Å². The van der Waals surface area contributed by atoms with E-state index in [1.807, 2.05) is 6.92 Å². The quantitative estimate of drug-likeness (QED) is 0.765. The minimum absolute atomic E-state index is 0.114. The summed E-state index contributed by atoms with van der Waals surface area (Å²) in [4.78, 5) is 17.9. The van der Waals surface area contributed by atoms with Crippen LogP contribution in [0, 0.1) is 0 Å². The number of hydrogen-bond acceptors (Lipinski definition) is 5. The van der Waals surface area contributed by atoms with Gasteiger partial charge in [-0.2, -0.15) is 4.31 Å². The molecular weight excluding hydrogens is 316 g/mol. The maximum Gasteiger partial charge on any atom is 0.251 e. The molecule has 0 unspecified atom stereocenters. The van der Waals surface area contributed by atoms with Crippen LogP contribution in [0.1, 0.15) is 23.7 Å². The smallest absolute Gasteiger partial charge is 0.251 e. The van der Waals surface area contributed by atoms with E-state index in [9.17, 15) is 13.2 Å². The molecule has 1 aromatic rings. The standard InChI is InChI=1S/C15H24N4O3S/c1-2-13-23(21,22)19-11-9-18(10-12-19)8-7-17-15(20)14-3-5-16-6-4-14/h3-6H,2,7-13H2,1H3,(H,17,20). The number of carbonyl (C=O) groups is 1. The van der Waals surface area contributed by atoms with E-state index >= 15 is 0 Å². The molecule has 2 rings (SSSR count). The van der Waals surface area contributed by atoms with E-state index in [4.69, 9.17) is 0 Å². The molecule has 1 aliphatic heterocycles. The van der Waals surface area contributed by atoms with Crippen molar-refractivity contribution in [2.24, 2.45) is 0 Å². The Hall–Kier alpha value is -1.51. The lowest BCUT2D eigenvalue weighted by atomic mass is 10.2. The Balaban J connectivity index is 1.70. The molecule has 8 heteroatoms. The number of amides is 1. The van der Waals surface area contributed by atoms with Crippen molar-refractivity contribution in [1.29, 1.82) is 0 Å². The summed E-state index contributed by atoms with van der Waals surface area (Å²) in [5, 5.41) is 2.87. The zero-order chi connectivity index (χ0) is 16.7. The molecule has 0 aromatic carbocycles. The number of aromatic nitrogens is 1. The molecule has 23 heavy (non-hydrogen) atoms. The Morgan fingerprint density at radius 1 is 1.22 bits per heavy atom. The highest BCUT2D eigenvalue weighted by molar-refractivity contribution is 7.89. The number of sulfonamides is 1. The van der Waals surface area contributed by atoms with Crippen molar-refractivity contribution >= 4 is 15.9 Å². The molecule has 0 radical (unpaired) electrons. The number of rotatable bonds is 7. The molecule has 2 heterocycles. The molecule has 1 amide bonds. The second-order valence-corrected chi connectivity index (χ2v) is 7.64. The van der Waals surface area contributed by atoms with E-state index in [0.717, 1.165) is 6.54 Å². The van der Waals surface area contributed by atoms with Crippen LogP contribution < -0.4 is 5.32 Å². The molecule has 1 fully saturated rings. The molecule has 0 spiro atoms. The van der Waals surface area contributed by atoms with Gasteiger partial charge in [0.25, 0.3) is 5.91 Å². The van der Waals surface area contributed by atoms with E-state index in [-0.39, 0.29) is 11.7 Å². The SMILES string of the molecule is CCCS(=O)(=O)N1CCN(CCNC(=O)c2ccncc2)CC1. The van der Waals surface area contributed by atoms with Crippen LogP contribution in [-0.2, 0) is 10.0 Å². The van der Waals surface area contributed by atoms with Gasteiger partial charge in [0.15, 0.2) is 0 Å².